The van der Waals surface area contributed by atoms with Gasteiger partial charge in [0.2, 0.25) is 0 Å². The maximum absolute atomic E-state index is 14.7. The third kappa shape index (κ3) is 30.6. The largest absolute Gasteiger partial charge is 0.321 e. The second-order valence-electron chi connectivity index (χ2n) is 33.5. The van der Waals surface area contributed by atoms with Crippen LogP contribution in [0.1, 0.15) is 240 Å². The van der Waals surface area contributed by atoms with E-state index in [9.17, 15) is 73.5 Å². The highest BCUT2D eigenvalue weighted by molar-refractivity contribution is 8.17. The zero-order chi connectivity index (χ0) is 91.2. The topological polar surface area (TPSA) is 275 Å². The molecule has 0 saturated carbocycles. The summed E-state index contributed by atoms with van der Waals surface area (Å²) in [6, 6.07) is 41.1. The van der Waals surface area contributed by atoms with E-state index in [1.807, 2.05) is 68.4 Å². The van der Waals surface area contributed by atoms with E-state index in [1.54, 1.807) is 191 Å². The van der Waals surface area contributed by atoms with Crippen LogP contribution in [0.2, 0.25) is 0 Å². The van der Waals surface area contributed by atoms with E-state index in [0.29, 0.717) is 56.3 Å². The second kappa shape index (κ2) is 44.4. The van der Waals surface area contributed by atoms with Crippen LogP contribution in [0.3, 0.4) is 0 Å². The van der Waals surface area contributed by atoms with Gasteiger partial charge in [-0.2, -0.15) is 4.40 Å². The van der Waals surface area contributed by atoms with Crippen molar-refractivity contribution in [1.29, 1.82) is 0 Å². The van der Waals surface area contributed by atoms with Crippen molar-refractivity contribution in [1.82, 2.24) is 15.4 Å². The molecule has 0 spiro atoms. The number of rotatable bonds is 25. The van der Waals surface area contributed by atoms with Crippen molar-refractivity contribution in [3.05, 3.63) is 258 Å². The number of carbonyl (C=O) groups excluding carboxylic acids is 9. The summed E-state index contributed by atoms with van der Waals surface area (Å²) >= 11 is 6.64. The van der Waals surface area contributed by atoms with Crippen molar-refractivity contribution in [2.45, 2.75) is 230 Å². The van der Waals surface area contributed by atoms with Crippen LogP contribution in [0, 0.1) is 81.5 Å². The molecule has 0 fully saturated rings. The first-order chi connectivity index (χ1) is 55.4. The highest BCUT2D eigenvalue weighted by atomic mass is 32.2. The van der Waals surface area contributed by atoms with Gasteiger partial charge in [0.15, 0.2) is 11.0 Å². The molecule has 0 aliphatic carbocycles. The Morgan fingerprint density at radius 2 is 0.917 bits per heavy atom. The number of carbonyl (C=O) groups is 9. The van der Waals surface area contributed by atoms with Crippen molar-refractivity contribution in [2.24, 2.45) is 32.9 Å². The predicted octanol–water partition coefficient (Wildman–Crippen LogP) is 19.3. The minimum Gasteiger partial charge on any atom is -0.321 e. The van der Waals surface area contributed by atoms with Crippen molar-refractivity contribution in [3.8, 4) is 0 Å². The number of hydrogen-bond donors (Lipinski definition) is 4. The minimum absolute atomic E-state index is 0.0600. The Hall–Kier alpha value is -9.44. The van der Waals surface area contributed by atoms with Crippen LogP contribution in [-0.4, -0.2) is 86.1 Å². The summed E-state index contributed by atoms with van der Waals surface area (Å²) in [5.41, 5.74) is 10.0. The van der Waals surface area contributed by atoms with Gasteiger partial charge in [0.25, 0.3) is 11.8 Å². The molecule has 1 aliphatic heterocycles. The van der Waals surface area contributed by atoms with E-state index in [-0.39, 0.29) is 100 Å². The quantitative estimate of drug-likeness (QED) is 0.0136. The summed E-state index contributed by atoms with van der Waals surface area (Å²) in [5.74, 6) is -6.60. The molecule has 5 N–H and O–H groups in total. The van der Waals surface area contributed by atoms with E-state index in [2.05, 4.69) is 19.8 Å². The van der Waals surface area contributed by atoms with Crippen LogP contribution in [0.4, 0.5) is 22.0 Å². The molecule has 0 aromatic heterocycles. The Bertz CT molecular complexity index is 5120. The van der Waals surface area contributed by atoms with E-state index in [1.165, 1.54) is 69.8 Å². The molecule has 7 aromatic rings. The number of allylic oxidation sites excluding steroid dienone is 1. The number of nitrogens with one attached hydrogen (secondary N) is 3. The molecule has 120 heavy (non-hydrogen) atoms. The standard InChI is InChI=1S/C24H26FNO3S.C23H23FN2O2S.C19H28FNO3S.C15H20FNO2.C13H18FNOS/c1-15-10-11-20(25)19(12-15)24(4,13-21(28)16(2)17(3)27)14-22(30)26-23(29)18-8-6-5-7-9-18;1-14-10-11-19(24)18(12-14)23(4)13-20(15(2)16(3)27)29-22(26-23)25-21(28)17-8-6-5-7-9-17;1-12-8-9-16(20)15(10-12)19(7,21-25(24)18(4,5)6)11-17(23)13(2)14(3)22;1-9-5-6-13(16)12(7-9)15(4,17)8-14(19)10(2)11(3)18;1-9-6-7-12(14)11(8-9)10(2)15-17(16)13(3,4)5/h5-12,16H,13-14H2,1-4H3,(H,26,29,30);5-12H,13H2,1-4H3,(H,25,26,28);8-10,13,21H,11H2,1-7H3;5-7,10H,8,17H2,1-4H3;6-8H,1-5H3/b;20-15-;;;/t16?,24-;23-;13?,19-,25?;10?,15-;17-/m10001/s1. The van der Waals surface area contributed by atoms with Crippen molar-refractivity contribution in [2.75, 3.05) is 0 Å². The average Bonchev–Trinajstić information content (AvgIpc) is 0.783. The molecular weight excluding hydrogens is 1610 g/mol. The van der Waals surface area contributed by atoms with Crippen LogP contribution >= 0.6 is 24.0 Å². The predicted molar refractivity (Wildman–Crippen MR) is 477 cm³/mol. The smallest absolute Gasteiger partial charge is 0.257 e. The molecular formula is C94H115F5N6O11S4. The molecule has 646 valence electrons. The average molecular weight is 1730 g/mol. The monoisotopic (exact) mass is 1730 g/mol. The molecule has 1 aliphatic rings. The van der Waals surface area contributed by atoms with Crippen LogP contribution in [0.15, 0.2) is 172 Å². The summed E-state index contributed by atoms with van der Waals surface area (Å²) < 4.78 is 102. The van der Waals surface area contributed by atoms with E-state index in [0.717, 1.165) is 32.7 Å². The minimum atomic E-state index is -1.52. The van der Waals surface area contributed by atoms with Gasteiger partial charge in [0.05, 0.1) is 60.0 Å². The molecule has 7 aromatic carbocycles. The first kappa shape index (κ1) is 103. The number of thioether (sulfide) groups is 1. The second-order valence-corrected chi connectivity index (χ2v) is 38.9. The maximum atomic E-state index is 14.7. The molecule has 2 amide bonds. The number of nitrogens with zero attached hydrogens (tertiary/aromatic N) is 2. The molecule has 8 rings (SSSR count). The zero-order valence-corrected chi connectivity index (χ0v) is 76.5. The zero-order valence-electron chi connectivity index (χ0n) is 73.2. The lowest BCUT2D eigenvalue weighted by Crippen LogP contribution is -2.48. The number of halogens is 5. The van der Waals surface area contributed by atoms with Crippen molar-refractivity contribution in [3.63, 3.8) is 0 Å². The van der Waals surface area contributed by atoms with Crippen LogP contribution in [0.5, 0.6) is 0 Å². The highest BCUT2D eigenvalue weighted by Crippen LogP contribution is 2.45. The number of nitrogens with two attached hydrogens (primary N) is 1. The summed E-state index contributed by atoms with van der Waals surface area (Å²) in [6.45, 7) is 40.6. The molecule has 4 unspecified atom stereocenters. The SMILES string of the molecule is CC(=N[S@](=O)C(C)(C)C)c1cc(C)ccc1F.CC(=O)/C(C)=C1/C[C@@](C)(c2cc(C)ccc2F)N=C(NC(=O)c2ccccc2)S1.CC(=O)C(C)C(=O)C[C@](C)(CC(=S)NC(=O)c1ccccc1)c1cc(C)ccc1F.CC(=O)C(C)C(=O)C[C@](C)(N)c1cc(C)ccc1F.CC(=O)C(C)C(=O)C[C@](C)(NS(=O)C(C)(C)C)c1cc(C)ccc1F. The summed E-state index contributed by atoms with van der Waals surface area (Å²) in [7, 11) is -2.88. The molecule has 1 heterocycles. The Kier molecular flexibility index (Phi) is 38.1. The van der Waals surface area contributed by atoms with Gasteiger partial charge in [-0.1, -0.05) is 150 Å². The Balaban J connectivity index is 0.000000320. The first-order valence-corrected chi connectivity index (χ1v) is 42.5. The molecule has 17 nitrogen and oxygen atoms in total. The van der Waals surface area contributed by atoms with Gasteiger partial charge in [0, 0.05) is 86.9 Å². The lowest BCUT2D eigenvalue weighted by Gasteiger charge is -2.34. The van der Waals surface area contributed by atoms with Gasteiger partial charge in [0.1, 0.15) is 74.8 Å². The first-order valence-electron chi connectivity index (χ1n) is 39.0. The van der Waals surface area contributed by atoms with Crippen molar-refractivity contribution < 1.29 is 73.5 Å². The third-order valence-electron chi connectivity index (χ3n) is 20.1. The number of Topliss-reactive ketones (excluding diaryl/α,β-unsaturated/α-hetero) is 7. The third-order valence-corrected chi connectivity index (χ3v) is 24.7. The van der Waals surface area contributed by atoms with Gasteiger partial charge in [-0.05, 0) is 225 Å². The number of hydrogen-bond acceptors (Lipinski definition) is 15. The Labute approximate surface area is 719 Å². The van der Waals surface area contributed by atoms with Gasteiger partial charge in [-0.15, -0.1) is 0 Å². The van der Waals surface area contributed by atoms with Crippen LogP contribution in [-0.2, 0) is 77.6 Å². The number of thiocarbonyl (C=S) groups is 1. The van der Waals surface area contributed by atoms with Crippen molar-refractivity contribution >= 4 is 114 Å². The number of aliphatic imine (C=N–C) groups is 1. The summed E-state index contributed by atoms with van der Waals surface area (Å²) in [5, 5.41) is 5.85. The Morgan fingerprint density at radius 1 is 0.517 bits per heavy atom. The molecule has 26 heteroatoms. The van der Waals surface area contributed by atoms with E-state index < -0.39 is 88.7 Å². The number of amidine groups is 1. The number of aryl methyl sites for hydroxylation is 5. The van der Waals surface area contributed by atoms with Crippen LogP contribution in [0.25, 0.3) is 0 Å². The fourth-order valence-electron chi connectivity index (χ4n) is 12.0. The van der Waals surface area contributed by atoms with Gasteiger partial charge < -0.3 is 16.4 Å². The highest BCUT2D eigenvalue weighted by Gasteiger charge is 2.41. The van der Waals surface area contributed by atoms with Gasteiger partial charge >= 0.3 is 0 Å². The number of benzene rings is 7. The normalized spacial score (nSPS) is 16.5. The fourth-order valence-corrected chi connectivity index (χ4v) is 15.2. The molecule has 0 saturated heterocycles. The molecule has 9 atom stereocenters. The summed E-state index contributed by atoms with van der Waals surface area (Å²) in [6.07, 6.45) is 0.200. The fraction of sp³-hybridized carbons (Fsp3) is 0.404. The van der Waals surface area contributed by atoms with E-state index >= 15 is 0 Å². The Morgan fingerprint density at radius 3 is 1.38 bits per heavy atom. The number of ketones is 7. The number of amides is 2. The summed E-state index contributed by atoms with van der Waals surface area (Å²) in [4.78, 5) is 114. The lowest BCUT2D eigenvalue weighted by molar-refractivity contribution is -0.133. The van der Waals surface area contributed by atoms with E-state index in [4.69, 9.17) is 22.9 Å². The molecule has 0 radical (unpaired) electrons. The van der Waals surface area contributed by atoms with Gasteiger partial charge in [-0.3, -0.25) is 48.1 Å². The lowest BCUT2D eigenvalue weighted by atomic mass is 9.73. The van der Waals surface area contributed by atoms with Crippen LogP contribution < -0.4 is 21.1 Å². The van der Waals surface area contributed by atoms with Gasteiger partial charge in [-0.25, -0.2) is 35.1 Å². The maximum Gasteiger partial charge on any atom is 0.257 e. The molecule has 0 bridgehead atoms.